The minimum Gasteiger partial charge on any atom is -0.316 e. The molecule has 2 rings (SSSR count). The Morgan fingerprint density at radius 1 is 1.40 bits per heavy atom. The van der Waals surface area contributed by atoms with E-state index >= 15 is 0 Å². The van der Waals surface area contributed by atoms with Crippen LogP contribution in [0.15, 0.2) is 12.1 Å². The molecular formula is C13H20N2. The molecule has 2 nitrogen and oxygen atoms in total. The number of aromatic nitrogens is 1. The molecule has 82 valence electrons. The van der Waals surface area contributed by atoms with Gasteiger partial charge in [-0.2, -0.15) is 0 Å². The van der Waals surface area contributed by atoms with E-state index in [9.17, 15) is 0 Å². The summed E-state index contributed by atoms with van der Waals surface area (Å²) in [7, 11) is 0. The molecule has 1 aromatic rings. The number of pyridine rings is 1. The Labute approximate surface area is 92.1 Å². The molecule has 0 bridgehead atoms. The molecule has 1 aromatic heterocycles. The highest BCUT2D eigenvalue weighted by molar-refractivity contribution is 5.19. The Morgan fingerprint density at radius 2 is 2.27 bits per heavy atom. The van der Waals surface area contributed by atoms with Crippen LogP contribution in [-0.2, 0) is 6.42 Å². The predicted octanol–water partition coefficient (Wildman–Crippen LogP) is 2.24. The first-order valence-corrected chi connectivity index (χ1v) is 5.89. The first-order valence-electron chi connectivity index (χ1n) is 5.89. The molecule has 1 atom stereocenters. The third kappa shape index (κ3) is 3.03. The molecule has 0 aromatic carbocycles. The van der Waals surface area contributed by atoms with Crippen molar-refractivity contribution in [2.24, 2.45) is 5.92 Å². The lowest BCUT2D eigenvalue weighted by Crippen LogP contribution is -2.31. The molecule has 0 aliphatic carbocycles. The van der Waals surface area contributed by atoms with Crippen molar-refractivity contribution >= 4 is 0 Å². The highest BCUT2D eigenvalue weighted by Gasteiger charge is 2.14. The predicted molar refractivity (Wildman–Crippen MR) is 63.0 cm³/mol. The van der Waals surface area contributed by atoms with E-state index in [2.05, 4.69) is 36.3 Å². The maximum Gasteiger partial charge on any atom is 0.0412 e. The molecule has 1 N–H and O–H groups in total. The molecule has 2 heteroatoms. The van der Waals surface area contributed by atoms with Crippen molar-refractivity contribution in [1.29, 1.82) is 0 Å². The van der Waals surface area contributed by atoms with Crippen LogP contribution in [0, 0.1) is 19.8 Å². The van der Waals surface area contributed by atoms with Crippen LogP contribution in [0.1, 0.15) is 29.8 Å². The topological polar surface area (TPSA) is 24.9 Å². The third-order valence-corrected chi connectivity index (χ3v) is 3.05. The summed E-state index contributed by atoms with van der Waals surface area (Å²) in [5.41, 5.74) is 3.75. The van der Waals surface area contributed by atoms with E-state index in [0.717, 1.165) is 24.6 Å². The molecule has 1 unspecified atom stereocenters. The van der Waals surface area contributed by atoms with Gasteiger partial charge in [0.25, 0.3) is 0 Å². The van der Waals surface area contributed by atoms with Crippen molar-refractivity contribution in [1.82, 2.24) is 10.3 Å². The highest BCUT2D eigenvalue weighted by atomic mass is 14.9. The summed E-state index contributed by atoms with van der Waals surface area (Å²) in [5.74, 6) is 0.785. The first kappa shape index (κ1) is 10.6. The van der Waals surface area contributed by atoms with Gasteiger partial charge in [0.15, 0.2) is 0 Å². The molecule has 1 saturated heterocycles. The minimum absolute atomic E-state index is 0.785. The van der Waals surface area contributed by atoms with Crippen molar-refractivity contribution in [2.75, 3.05) is 13.1 Å². The molecule has 1 aliphatic rings. The van der Waals surface area contributed by atoms with Gasteiger partial charge < -0.3 is 5.32 Å². The van der Waals surface area contributed by atoms with E-state index in [1.807, 2.05) is 0 Å². The van der Waals surface area contributed by atoms with Crippen LogP contribution in [0.3, 0.4) is 0 Å². The largest absolute Gasteiger partial charge is 0.316 e. The number of rotatable bonds is 2. The zero-order valence-corrected chi connectivity index (χ0v) is 9.71. The van der Waals surface area contributed by atoms with Crippen molar-refractivity contribution < 1.29 is 0 Å². The van der Waals surface area contributed by atoms with Crippen LogP contribution < -0.4 is 5.32 Å². The van der Waals surface area contributed by atoms with Crippen molar-refractivity contribution in [3.05, 3.63) is 29.1 Å². The molecule has 2 heterocycles. The van der Waals surface area contributed by atoms with E-state index in [4.69, 9.17) is 0 Å². The normalized spacial score (nSPS) is 21.6. The summed E-state index contributed by atoms with van der Waals surface area (Å²) < 4.78 is 0. The third-order valence-electron chi connectivity index (χ3n) is 3.05. The van der Waals surface area contributed by atoms with Crippen molar-refractivity contribution in [2.45, 2.75) is 33.1 Å². The Morgan fingerprint density at radius 3 is 2.93 bits per heavy atom. The molecule has 0 saturated carbocycles. The molecule has 15 heavy (non-hydrogen) atoms. The van der Waals surface area contributed by atoms with Gasteiger partial charge in [0.05, 0.1) is 0 Å². The molecule has 0 radical (unpaired) electrons. The fourth-order valence-electron chi connectivity index (χ4n) is 2.42. The van der Waals surface area contributed by atoms with Gasteiger partial charge in [-0.15, -0.1) is 0 Å². The fraction of sp³-hybridized carbons (Fsp3) is 0.615. The van der Waals surface area contributed by atoms with Crippen LogP contribution in [0.4, 0.5) is 0 Å². The Bertz CT molecular complexity index is 307. The summed E-state index contributed by atoms with van der Waals surface area (Å²) in [5, 5.41) is 3.46. The smallest absolute Gasteiger partial charge is 0.0412 e. The van der Waals surface area contributed by atoms with E-state index in [1.165, 1.54) is 30.6 Å². The van der Waals surface area contributed by atoms with Crippen molar-refractivity contribution in [3.63, 3.8) is 0 Å². The second-order valence-corrected chi connectivity index (χ2v) is 4.69. The van der Waals surface area contributed by atoms with Gasteiger partial charge in [0, 0.05) is 11.4 Å². The number of nitrogens with zero attached hydrogens (tertiary/aromatic N) is 1. The minimum atomic E-state index is 0.785. The van der Waals surface area contributed by atoms with E-state index < -0.39 is 0 Å². The fourth-order valence-corrected chi connectivity index (χ4v) is 2.42. The average molecular weight is 204 g/mol. The molecule has 0 amide bonds. The van der Waals surface area contributed by atoms with Crippen LogP contribution in [0.25, 0.3) is 0 Å². The summed E-state index contributed by atoms with van der Waals surface area (Å²) in [4.78, 5) is 4.60. The first-order chi connectivity index (χ1) is 7.24. The quantitative estimate of drug-likeness (QED) is 0.799. The second kappa shape index (κ2) is 4.75. The zero-order chi connectivity index (χ0) is 10.7. The van der Waals surface area contributed by atoms with Crippen LogP contribution in [-0.4, -0.2) is 18.1 Å². The Hall–Kier alpha value is -0.890. The monoisotopic (exact) mass is 204 g/mol. The molecule has 1 fully saturated rings. The van der Waals surface area contributed by atoms with Gasteiger partial charge in [0.1, 0.15) is 0 Å². The summed E-state index contributed by atoms with van der Waals surface area (Å²) >= 11 is 0. The maximum atomic E-state index is 4.60. The Balaban J connectivity index is 2.02. The highest BCUT2D eigenvalue weighted by Crippen LogP contribution is 2.16. The van der Waals surface area contributed by atoms with E-state index in [0.29, 0.717) is 0 Å². The lowest BCUT2D eigenvalue weighted by Gasteiger charge is -2.22. The number of aryl methyl sites for hydroxylation is 2. The lowest BCUT2D eigenvalue weighted by atomic mass is 9.94. The van der Waals surface area contributed by atoms with Gasteiger partial charge >= 0.3 is 0 Å². The molecule has 1 aliphatic heterocycles. The summed E-state index contributed by atoms with van der Waals surface area (Å²) in [6.45, 7) is 6.58. The average Bonchev–Trinajstić information content (AvgIpc) is 2.17. The van der Waals surface area contributed by atoms with E-state index in [1.54, 1.807) is 0 Å². The van der Waals surface area contributed by atoms with Crippen LogP contribution in [0.2, 0.25) is 0 Å². The maximum absolute atomic E-state index is 4.60. The standard InChI is InChI=1S/C13H20N2/c1-10-6-11(2)15-13(7-10)8-12-4-3-5-14-9-12/h6-7,12,14H,3-5,8-9H2,1-2H3. The molecular weight excluding hydrogens is 184 g/mol. The second-order valence-electron chi connectivity index (χ2n) is 4.69. The Kier molecular flexibility index (Phi) is 3.37. The zero-order valence-electron chi connectivity index (χ0n) is 9.71. The SMILES string of the molecule is Cc1cc(C)nc(CC2CCCNC2)c1. The molecule has 0 spiro atoms. The number of nitrogens with one attached hydrogen (secondary N) is 1. The lowest BCUT2D eigenvalue weighted by molar-refractivity contribution is 0.373. The van der Waals surface area contributed by atoms with Gasteiger partial charge in [0.2, 0.25) is 0 Å². The number of hydrogen-bond donors (Lipinski definition) is 1. The van der Waals surface area contributed by atoms with Gasteiger partial charge in [-0.3, -0.25) is 4.98 Å². The van der Waals surface area contributed by atoms with Crippen LogP contribution in [0.5, 0.6) is 0 Å². The number of piperidine rings is 1. The van der Waals surface area contributed by atoms with E-state index in [-0.39, 0.29) is 0 Å². The van der Waals surface area contributed by atoms with Crippen LogP contribution >= 0.6 is 0 Å². The van der Waals surface area contributed by atoms with Gasteiger partial charge in [-0.25, -0.2) is 0 Å². The van der Waals surface area contributed by atoms with Crippen molar-refractivity contribution in [3.8, 4) is 0 Å². The summed E-state index contributed by atoms with van der Waals surface area (Å²) in [6.07, 6.45) is 3.80. The number of hydrogen-bond acceptors (Lipinski definition) is 2. The van der Waals surface area contributed by atoms with Gasteiger partial charge in [-0.1, -0.05) is 0 Å². The summed E-state index contributed by atoms with van der Waals surface area (Å²) in [6, 6.07) is 4.37. The van der Waals surface area contributed by atoms with Gasteiger partial charge in [-0.05, 0) is 69.8 Å².